The van der Waals surface area contributed by atoms with Gasteiger partial charge in [0, 0.05) is 23.1 Å². The molecule has 2 N–H and O–H groups in total. The van der Waals surface area contributed by atoms with Gasteiger partial charge in [0.2, 0.25) is 15.9 Å². The summed E-state index contributed by atoms with van der Waals surface area (Å²) in [7, 11) is -4.40. The molecule has 0 spiro atoms. The first-order valence-corrected chi connectivity index (χ1v) is 11.9. The standard InChI is InChI=1S/C20H16BrF3N4O4S/c21-12-6-11(20(22,23)24)7-14(8-12)33(31,32)25-10-18(29)26-13-3-4-15-16(9-13)27-17-2-1-5-28(17)19(15)30/h3-4,6-9,25H,1-2,5,10H2,(H,26,29). The second-order valence-electron chi connectivity index (χ2n) is 7.37. The molecule has 8 nitrogen and oxygen atoms in total. The average Bonchev–Trinajstić information content (AvgIpc) is 3.20. The van der Waals surface area contributed by atoms with Crippen molar-refractivity contribution in [1.29, 1.82) is 0 Å². The number of carbonyl (C=O) groups excluding carboxylic acids is 1. The van der Waals surface area contributed by atoms with E-state index in [4.69, 9.17) is 0 Å². The Morgan fingerprint density at radius 3 is 2.67 bits per heavy atom. The first-order valence-electron chi connectivity index (χ1n) is 9.65. The molecule has 1 aromatic heterocycles. The number of aryl methyl sites for hydroxylation is 1. The number of carbonyl (C=O) groups is 1. The number of rotatable bonds is 5. The van der Waals surface area contributed by atoms with Crippen molar-refractivity contribution >= 4 is 48.5 Å². The van der Waals surface area contributed by atoms with Gasteiger partial charge in [-0.2, -0.15) is 13.2 Å². The summed E-state index contributed by atoms with van der Waals surface area (Å²) in [6.45, 7) is -0.104. The largest absolute Gasteiger partial charge is 0.416 e. The number of sulfonamides is 1. The summed E-state index contributed by atoms with van der Waals surface area (Å²) in [5.74, 6) is -0.0853. The van der Waals surface area contributed by atoms with Crippen molar-refractivity contribution in [1.82, 2.24) is 14.3 Å². The Balaban J connectivity index is 1.48. The lowest BCUT2D eigenvalue weighted by Gasteiger charge is -2.12. The normalized spacial score (nSPS) is 13.8. The van der Waals surface area contributed by atoms with E-state index in [0.29, 0.717) is 41.4 Å². The van der Waals surface area contributed by atoms with E-state index >= 15 is 0 Å². The number of aromatic nitrogens is 2. The maximum absolute atomic E-state index is 13.0. The Morgan fingerprint density at radius 1 is 1.18 bits per heavy atom. The summed E-state index contributed by atoms with van der Waals surface area (Å²) in [5.41, 5.74) is -0.609. The molecule has 3 aromatic rings. The smallest absolute Gasteiger partial charge is 0.325 e. The minimum atomic E-state index is -4.74. The van der Waals surface area contributed by atoms with E-state index in [9.17, 15) is 31.2 Å². The van der Waals surface area contributed by atoms with Crippen LogP contribution in [0.2, 0.25) is 0 Å². The molecule has 1 aliphatic heterocycles. The third-order valence-electron chi connectivity index (χ3n) is 5.03. The average molecular weight is 545 g/mol. The van der Waals surface area contributed by atoms with E-state index in [1.54, 1.807) is 4.57 Å². The van der Waals surface area contributed by atoms with Crippen LogP contribution in [0.25, 0.3) is 10.9 Å². The Hall–Kier alpha value is -2.77. The van der Waals surface area contributed by atoms with E-state index in [-0.39, 0.29) is 10.0 Å². The molecular weight excluding hydrogens is 529 g/mol. The van der Waals surface area contributed by atoms with Gasteiger partial charge in [-0.3, -0.25) is 14.2 Å². The van der Waals surface area contributed by atoms with Crippen LogP contribution in [0, 0.1) is 0 Å². The SMILES string of the molecule is O=C(CNS(=O)(=O)c1cc(Br)cc(C(F)(F)F)c1)Nc1ccc2c(=O)n3c(nc2c1)CCC3. The fourth-order valence-electron chi connectivity index (χ4n) is 3.49. The third kappa shape index (κ3) is 4.94. The molecule has 33 heavy (non-hydrogen) atoms. The van der Waals surface area contributed by atoms with Crippen molar-refractivity contribution in [2.45, 2.75) is 30.5 Å². The highest BCUT2D eigenvalue weighted by molar-refractivity contribution is 9.10. The molecule has 2 aromatic carbocycles. The van der Waals surface area contributed by atoms with Crippen molar-refractivity contribution in [2.75, 3.05) is 11.9 Å². The molecule has 174 valence electrons. The van der Waals surface area contributed by atoms with E-state index in [1.165, 1.54) is 18.2 Å². The van der Waals surface area contributed by atoms with Gasteiger partial charge in [0.1, 0.15) is 5.82 Å². The van der Waals surface area contributed by atoms with Gasteiger partial charge in [-0.15, -0.1) is 0 Å². The molecule has 4 rings (SSSR count). The second-order valence-corrected chi connectivity index (χ2v) is 10.0. The predicted molar refractivity (Wildman–Crippen MR) is 117 cm³/mol. The Morgan fingerprint density at radius 2 is 1.94 bits per heavy atom. The fraction of sp³-hybridized carbons (Fsp3) is 0.250. The van der Waals surface area contributed by atoms with Crippen LogP contribution in [0.15, 0.2) is 50.6 Å². The lowest BCUT2D eigenvalue weighted by Crippen LogP contribution is -2.33. The van der Waals surface area contributed by atoms with E-state index in [2.05, 4.69) is 26.2 Å². The zero-order valence-corrected chi connectivity index (χ0v) is 19.1. The number of amides is 1. The molecule has 0 saturated carbocycles. The maximum Gasteiger partial charge on any atom is 0.416 e. The maximum atomic E-state index is 13.0. The lowest BCUT2D eigenvalue weighted by atomic mass is 10.2. The van der Waals surface area contributed by atoms with Crippen LogP contribution in [0.3, 0.4) is 0 Å². The molecular formula is C20H16BrF3N4O4S. The second kappa shape index (κ2) is 8.54. The molecule has 0 bridgehead atoms. The highest BCUT2D eigenvalue weighted by atomic mass is 79.9. The van der Waals surface area contributed by atoms with Crippen molar-refractivity contribution in [3.63, 3.8) is 0 Å². The topological polar surface area (TPSA) is 110 Å². The molecule has 2 heterocycles. The predicted octanol–water partition coefficient (Wildman–Crippen LogP) is 3.04. The lowest BCUT2D eigenvalue weighted by molar-refractivity contribution is -0.137. The van der Waals surface area contributed by atoms with Crippen molar-refractivity contribution in [3.05, 3.63) is 62.6 Å². The van der Waals surface area contributed by atoms with Gasteiger partial charge >= 0.3 is 6.18 Å². The number of anilines is 1. The van der Waals surface area contributed by atoms with Crippen LogP contribution in [-0.2, 0) is 34.0 Å². The molecule has 0 atom stereocenters. The van der Waals surface area contributed by atoms with Gasteiger partial charge in [-0.05, 0) is 42.8 Å². The van der Waals surface area contributed by atoms with Crippen LogP contribution in [-0.4, -0.2) is 30.4 Å². The minimum Gasteiger partial charge on any atom is -0.325 e. The van der Waals surface area contributed by atoms with Crippen molar-refractivity contribution < 1.29 is 26.4 Å². The zero-order chi connectivity index (χ0) is 24.0. The number of benzene rings is 2. The fourth-order valence-corrected chi connectivity index (χ4v) is 5.19. The van der Waals surface area contributed by atoms with Crippen LogP contribution in [0.4, 0.5) is 18.9 Å². The molecule has 13 heteroatoms. The Labute approximate surface area is 194 Å². The molecule has 1 aliphatic rings. The van der Waals surface area contributed by atoms with Crippen LogP contribution in [0.5, 0.6) is 0 Å². The first kappa shape index (κ1) is 23.4. The Kier molecular flexibility index (Phi) is 6.05. The summed E-state index contributed by atoms with van der Waals surface area (Å²) in [5, 5.41) is 2.89. The van der Waals surface area contributed by atoms with E-state index in [0.717, 1.165) is 18.6 Å². The monoisotopic (exact) mass is 544 g/mol. The minimum absolute atomic E-state index is 0.0757. The summed E-state index contributed by atoms with van der Waals surface area (Å²) < 4.78 is 67.3. The van der Waals surface area contributed by atoms with Crippen LogP contribution < -0.4 is 15.6 Å². The first-order chi connectivity index (χ1) is 15.4. The third-order valence-corrected chi connectivity index (χ3v) is 6.87. The number of fused-ring (bicyclic) bond motifs is 2. The highest BCUT2D eigenvalue weighted by Crippen LogP contribution is 2.33. The van der Waals surface area contributed by atoms with Gasteiger partial charge in [-0.25, -0.2) is 18.1 Å². The van der Waals surface area contributed by atoms with Gasteiger partial charge in [0.15, 0.2) is 0 Å². The van der Waals surface area contributed by atoms with Crippen molar-refractivity contribution in [3.8, 4) is 0 Å². The van der Waals surface area contributed by atoms with Gasteiger partial charge < -0.3 is 5.32 Å². The number of alkyl halides is 3. The molecule has 0 radical (unpaired) electrons. The summed E-state index contributed by atoms with van der Waals surface area (Å²) in [6.07, 6.45) is -3.24. The summed E-state index contributed by atoms with van der Waals surface area (Å²) in [6, 6.07) is 6.76. The Bertz CT molecular complexity index is 1440. The van der Waals surface area contributed by atoms with Gasteiger partial charge in [-0.1, -0.05) is 15.9 Å². The summed E-state index contributed by atoms with van der Waals surface area (Å²) in [4.78, 5) is 28.6. The van der Waals surface area contributed by atoms with Gasteiger partial charge in [0.05, 0.1) is 27.9 Å². The molecule has 0 saturated heterocycles. The number of halogens is 4. The quantitative estimate of drug-likeness (QED) is 0.513. The number of nitrogens with zero attached hydrogens (tertiary/aromatic N) is 2. The number of hydrogen-bond donors (Lipinski definition) is 2. The molecule has 1 amide bonds. The molecule has 0 unspecified atom stereocenters. The number of hydrogen-bond acceptors (Lipinski definition) is 5. The van der Waals surface area contributed by atoms with E-state index in [1.807, 2.05) is 4.72 Å². The van der Waals surface area contributed by atoms with E-state index < -0.39 is 39.1 Å². The summed E-state index contributed by atoms with van der Waals surface area (Å²) >= 11 is 2.86. The molecule has 0 aliphatic carbocycles. The number of nitrogens with one attached hydrogen (secondary N) is 2. The zero-order valence-electron chi connectivity index (χ0n) is 16.7. The van der Waals surface area contributed by atoms with Crippen LogP contribution >= 0.6 is 15.9 Å². The highest BCUT2D eigenvalue weighted by Gasteiger charge is 2.32. The van der Waals surface area contributed by atoms with Crippen molar-refractivity contribution in [2.24, 2.45) is 0 Å². The molecule has 0 fully saturated rings. The van der Waals surface area contributed by atoms with Gasteiger partial charge in [0.25, 0.3) is 5.56 Å². The van der Waals surface area contributed by atoms with Crippen LogP contribution in [0.1, 0.15) is 17.8 Å².